The minimum absolute atomic E-state index is 0.0107. The van der Waals surface area contributed by atoms with Crippen molar-refractivity contribution < 1.29 is 4.79 Å². The zero-order valence-electron chi connectivity index (χ0n) is 15.6. The summed E-state index contributed by atoms with van der Waals surface area (Å²) >= 11 is 0. The molecule has 0 aliphatic carbocycles. The molecular weight excluding hydrogens is 312 g/mol. The molecule has 0 bridgehead atoms. The molecule has 1 saturated heterocycles. The number of nitrogens with zero attached hydrogens (tertiary/aromatic N) is 3. The Kier molecular flexibility index (Phi) is 4.93. The molecule has 5 heteroatoms. The molecule has 1 unspecified atom stereocenters. The predicted molar refractivity (Wildman–Crippen MR) is 99.0 cm³/mol. The number of rotatable bonds is 3. The maximum absolute atomic E-state index is 12.7. The Morgan fingerprint density at radius 2 is 1.88 bits per heavy atom. The third-order valence-corrected chi connectivity index (χ3v) is 5.49. The number of pyridine rings is 1. The molecule has 134 valence electrons. The van der Waals surface area contributed by atoms with Gasteiger partial charge in [0.25, 0.3) is 0 Å². The van der Waals surface area contributed by atoms with Gasteiger partial charge in [-0.25, -0.2) is 0 Å². The van der Waals surface area contributed by atoms with E-state index in [4.69, 9.17) is 0 Å². The number of hydrogen-bond donors (Lipinski definition) is 1. The minimum atomic E-state index is 0.0107. The number of amides is 1. The first-order chi connectivity index (χ1) is 11.9. The number of nitrogens with one attached hydrogen (secondary N) is 1. The van der Waals surface area contributed by atoms with Crippen LogP contribution in [0.3, 0.4) is 0 Å². The summed E-state index contributed by atoms with van der Waals surface area (Å²) in [7, 11) is 0. The summed E-state index contributed by atoms with van der Waals surface area (Å²) < 4.78 is 0. The van der Waals surface area contributed by atoms with Gasteiger partial charge in [-0.2, -0.15) is 5.10 Å². The summed E-state index contributed by atoms with van der Waals surface area (Å²) in [4.78, 5) is 18.8. The van der Waals surface area contributed by atoms with Gasteiger partial charge < -0.3 is 4.90 Å². The molecule has 3 heterocycles. The molecule has 1 N–H and O–H groups in total. The lowest BCUT2D eigenvalue weighted by molar-refractivity contribution is -0.139. The molecule has 1 aliphatic heterocycles. The molecule has 0 aromatic carbocycles. The molecule has 1 atom stereocenters. The van der Waals surface area contributed by atoms with E-state index in [2.05, 4.69) is 42.0 Å². The number of H-pyrrole nitrogens is 1. The number of piperidine rings is 1. The van der Waals surface area contributed by atoms with Gasteiger partial charge in [-0.05, 0) is 36.5 Å². The number of likely N-dealkylation sites (tertiary alicyclic amines) is 1. The SMILES string of the molecule is CC(C(=O)N1CCC(c2cc(-c3ccncc3)n[nH]2)CC1)C(C)(C)C. The van der Waals surface area contributed by atoms with E-state index in [1.54, 1.807) is 12.4 Å². The van der Waals surface area contributed by atoms with Crippen molar-refractivity contribution in [3.8, 4) is 11.3 Å². The number of aromatic nitrogens is 3. The van der Waals surface area contributed by atoms with Crippen LogP contribution in [0.2, 0.25) is 0 Å². The van der Waals surface area contributed by atoms with Gasteiger partial charge in [-0.3, -0.25) is 14.9 Å². The van der Waals surface area contributed by atoms with Gasteiger partial charge in [-0.1, -0.05) is 27.7 Å². The van der Waals surface area contributed by atoms with Crippen LogP contribution in [0.25, 0.3) is 11.3 Å². The average Bonchev–Trinajstić information content (AvgIpc) is 3.11. The van der Waals surface area contributed by atoms with Crippen molar-refractivity contribution in [3.63, 3.8) is 0 Å². The molecule has 0 saturated carbocycles. The molecular formula is C20H28N4O. The van der Waals surface area contributed by atoms with E-state index in [-0.39, 0.29) is 17.2 Å². The van der Waals surface area contributed by atoms with Crippen LogP contribution in [0, 0.1) is 11.3 Å². The van der Waals surface area contributed by atoms with E-state index < -0.39 is 0 Å². The maximum Gasteiger partial charge on any atom is 0.225 e. The van der Waals surface area contributed by atoms with E-state index in [0.717, 1.165) is 37.2 Å². The highest BCUT2D eigenvalue weighted by atomic mass is 16.2. The van der Waals surface area contributed by atoms with Gasteiger partial charge in [0.15, 0.2) is 0 Å². The highest BCUT2D eigenvalue weighted by molar-refractivity contribution is 5.79. The fourth-order valence-electron chi connectivity index (χ4n) is 3.27. The van der Waals surface area contributed by atoms with Crippen LogP contribution >= 0.6 is 0 Å². The van der Waals surface area contributed by atoms with Gasteiger partial charge in [0.05, 0.1) is 5.69 Å². The van der Waals surface area contributed by atoms with Crippen molar-refractivity contribution in [1.29, 1.82) is 0 Å². The molecule has 1 fully saturated rings. The van der Waals surface area contributed by atoms with E-state index in [1.807, 2.05) is 24.0 Å². The van der Waals surface area contributed by atoms with Gasteiger partial charge >= 0.3 is 0 Å². The molecule has 0 radical (unpaired) electrons. The Bertz CT molecular complexity index is 709. The molecule has 1 aliphatic rings. The first-order valence-corrected chi connectivity index (χ1v) is 9.11. The van der Waals surface area contributed by atoms with Crippen molar-refractivity contribution >= 4 is 5.91 Å². The van der Waals surface area contributed by atoms with Crippen molar-refractivity contribution in [2.24, 2.45) is 11.3 Å². The Labute approximate surface area is 149 Å². The summed E-state index contributed by atoms with van der Waals surface area (Å²) in [5.74, 6) is 0.777. The maximum atomic E-state index is 12.7. The van der Waals surface area contributed by atoms with Crippen LogP contribution < -0.4 is 0 Å². The van der Waals surface area contributed by atoms with Crippen LogP contribution in [0.1, 0.15) is 52.1 Å². The van der Waals surface area contributed by atoms with Gasteiger partial charge in [0.1, 0.15) is 0 Å². The molecule has 25 heavy (non-hydrogen) atoms. The summed E-state index contributed by atoms with van der Waals surface area (Å²) in [6, 6.07) is 6.07. The molecule has 5 nitrogen and oxygen atoms in total. The van der Waals surface area contributed by atoms with Gasteiger partial charge in [0, 0.05) is 48.6 Å². The van der Waals surface area contributed by atoms with E-state index in [9.17, 15) is 4.79 Å². The fourth-order valence-corrected chi connectivity index (χ4v) is 3.27. The summed E-state index contributed by atoms with van der Waals surface area (Å²) in [5, 5.41) is 7.63. The van der Waals surface area contributed by atoms with E-state index in [0.29, 0.717) is 5.92 Å². The fraction of sp³-hybridized carbons (Fsp3) is 0.550. The molecule has 1 amide bonds. The zero-order chi connectivity index (χ0) is 18.0. The van der Waals surface area contributed by atoms with Gasteiger partial charge in [-0.15, -0.1) is 0 Å². The third-order valence-electron chi connectivity index (χ3n) is 5.49. The van der Waals surface area contributed by atoms with Crippen molar-refractivity contribution in [2.45, 2.75) is 46.5 Å². The van der Waals surface area contributed by atoms with E-state index in [1.165, 1.54) is 5.69 Å². The normalized spacial score (nSPS) is 17.5. The number of aromatic amines is 1. The second kappa shape index (κ2) is 6.98. The van der Waals surface area contributed by atoms with Crippen molar-refractivity contribution in [1.82, 2.24) is 20.1 Å². The smallest absolute Gasteiger partial charge is 0.225 e. The van der Waals surface area contributed by atoms with Crippen LogP contribution in [0.4, 0.5) is 0 Å². The van der Waals surface area contributed by atoms with Crippen LogP contribution in [-0.2, 0) is 4.79 Å². The highest BCUT2D eigenvalue weighted by Crippen LogP contribution is 2.32. The standard InChI is InChI=1S/C20H28N4O/c1-14(20(2,3)4)19(25)24-11-7-16(8-12-24)18-13-17(22-23-18)15-5-9-21-10-6-15/h5-6,9-10,13-14,16H,7-8,11-12H2,1-4H3,(H,22,23). The largest absolute Gasteiger partial charge is 0.342 e. The second-order valence-electron chi connectivity index (χ2n) is 8.13. The Morgan fingerprint density at radius 3 is 2.48 bits per heavy atom. The van der Waals surface area contributed by atoms with Crippen molar-refractivity contribution in [3.05, 3.63) is 36.3 Å². The zero-order valence-corrected chi connectivity index (χ0v) is 15.6. The van der Waals surface area contributed by atoms with Crippen molar-refractivity contribution in [2.75, 3.05) is 13.1 Å². The van der Waals surface area contributed by atoms with Crippen LogP contribution in [-0.4, -0.2) is 39.1 Å². The lowest BCUT2D eigenvalue weighted by atomic mass is 9.80. The summed E-state index contributed by atoms with van der Waals surface area (Å²) in [6.45, 7) is 10.1. The summed E-state index contributed by atoms with van der Waals surface area (Å²) in [5.41, 5.74) is 3.21. The highest BCUT2D eigenvalue weighted by Gasteiger charge is 2.32. The first-order valence-electron chi connectivity index (χ1n) is 9.11. The van der Waals surface area contributed by atoms with Crippen LogP contribution in [0.5, 0.6) is 0 Å². The second-order valence-corrected chi connectivity index (χ2v) is 8.13. The molecule has 2 aromatic rings. The lowest BCUT2D eigenvalue weighted by Gasteiger charge is -2.36. The monoisotopic (exact) mass is 340 g/mol. The lowest BCUT2D eigenvalue weighted by Crippen LogP contribution is -2.43. The molecule has 3 rings (SSSR count). The minimum Gasteiger partial charge on any atom is -0.342 e. The third kappa shape index (κ3) is 3.91. The predicted octanol–water partition coefficient (Wildman–Crippen LogP) is 3.86. The average molecular weight is 340 g/mol. The molecule has 0 spiro atoms. The quantitative estimate of drug-likeness (QED) is 0.923. The Morgan fingerprint density at radius 1 is 1.24 bits per heavy atom. The summed E-state index contributed by atoms with van der Waals surface area (Å²) in [6.07, 6.45) is 5.54. The number of hydrogen-bond acceptors (Lipinski definition) is 3. The van der Waals surface area contributed by atoms with Gasteiger partial charge in [0.2, 0.25) is 5.91 Å². The Hall–Kier alpha value is -2.17. The van der Waals surface area contributed by atoms with E-state index >= 15 is 0 Å². The first kappa shape index (κ1) is 17.6. The topological polar surface area (TPSA) is 61.9 Å². The van der Waals surface area contributed by atoms with Crippen LogP contribution in [0.15, 0.2) is 30.6 Å². The Balaban J connectivity index is 1.62. The molecule has 2 aromatic heterocycles. The number of carbonyl (C=O) groups excluding carboxylic acids is 1. The number of carbonyl (C=O) groups is 1.